The summed E-state index contributed by atoms with van der Waals surface area (Å²) < 4.78 is 27.8. The lowest BCUT2D eigenvalue weighted by Gasteiger charge is -2.29. The Morgan fingerprint density at radius 2 is 1.86 bits per heavy atom. The highest BCUT2D eigenvalue weighted by molar-refractivity contribution is 8.00. The number of sulfonamides is 1. The molecule has 0 spiro atoms. The molecule has 2 aliphatic heterocycles. The summed E-state index contributed by atoms with van der Waals surface area (Å²) in [6.07, 6.45) is 5.78. The fraction of sp³-hybridized carbons (Fsp3) is 0.579. The van der Waals surface area contributed by atoms with Gasteiger partial charge in [0.05, 0.1) is 16.3 Å². The third-order valence-electron chi connectivity index (χ3n) is 5.32. The number of carbonyl (C=O) groups excluding carboxylic acids is 2. The van der Waals surface area contributed by atoms with Gasteiger partial charge < -0.3 is 10.2 Å². The normalized spacial score (nSPS) is 21.1. The summed E-state index contributed by atoms with van der Waals surface area (Å²) in [4.78, 5) is 27.2. The zero-order valence-electron chi connectivity index (χ0n) is 15.7. The summed E-state index contributed by atoms with van der Waals surface area (Å²) in [6, 6.07) is 5.15. The van der Waals surface area contributed by atoms with Gasteiger partial charge in [-0.2, -0.15) is 4.31 Å². The minimum atomic E-state index is -3.61. The van der Waals surface area contributed by atoms with E-state index in [2.05, 4.69) is 5.32 Å². The first-order valence-corrected chi connectivity index (χ1v) is 12.2. The number of benzene rings is 1. The Kier molecular flexibility index (Phi) is 5.66. The van der Waals surface area contributed by atoms with Crippen molar-refractivity contribution in [2.75, 3.05) is 30.3 Å². The highest BCUT2D eigenvalue weighted by Crippen LogP contribution is 2.37. The predicted molar refractivity (Wildman–Crippen MR) is 108 cm³/mol. The molecule has 1 N–H and O–H groups in total. The van der Waals surface area contributed by atoms with Crippen molar-refractivity contribution in [3.8, 4) is 0 Å². The van der Waals surface area contributed by atoms with Crippen LogP contribution < -0.4 is 10.2 Å². The van der Waals surface area contributed by atoms with Gasteiger partial charge in [-0.3, -0.25) is 9.59 Å². The Labute approximate surface area is 169 Å². The maximum absolute atomic E-state index is 13.1. The van der Waals surface area contributed by atoms with Crippen LogP contribution in [0.1, 0.15) is 38.5 Å². The van der Waals surface area contributed by atoms with Gasteiger partial charge in [-0.25, -0.2) is 8.42 Å². The van der Waals surface area contributed by atoms with Crippen LogP contribution in [0.5, 0.6) is 0 Å². The summed E-state index contributed by atoms with van der Waals surface area (Å²) in [6.45, 7) is 0.983. The maximum Gasteiger partial charge on any atom is 0.243 e. The number of thioether (sulfide) groups is 1. The van der Waals surface area contributed by atoms with Gasteiger partial charge in [0, 0.05) is 24.0 Å². The van der Waals surface area contributed by atoms with Crippen LogP contribution >= 0.6 is 11.8 Å². The summed E-state index contributed by atoms with van der Waals surface area (Å²) >= 11 is 1.38. The van der Waals surface area contributed by atoms with Crippen LogP contribution in [0.25, 0.3) is 0 Å². The average Bonchev–Trinajstić information content (AvgIpc) is 3.50. The number of nitrogens with one attached hydrogen (secondary N) is 1. The Hall–Kier alpha value is -1.58. The van der Waals surface area contributed by atoms with Gasteiger partial charge in [0.15, 0.2) is 0 Å². The molecule has 7 nitrogen and oxygen atoms in total. The number of fused-ring (bicyclic) bond motifs is 1. The highest BCUT2D eigenvalue weighted by Gasteiger charge is 2.32. The molecule has 1 aromatic rings. The Bertz CT molecular complexity index is 875. The van der Waals surface area contributed by atoms with E-state index in [1.54, 1.807) is 22.5 Å². The second kappa shape index (κ2) is 8.04. The van der Waals surface area contributed by atoms with E-state index in [1.807, 2.05) is 0 Å². The predicted octanol–water partition coefficient (Wildman–Crippen LogP) is 1.97. The summed E-state index contributed by atoms with van der Waals surface area (Å²) in [5.74, 6) is -0.121. The smallest absolute Gasteiger partial charge is 0.243 e. The molecule has 0 radical (unpaired) electrons. The Morgan fingerprint density at radius 3 is 2.54 bits per heavy atom. The van der Waals surface area contributed by atoms with Crippen molar-refractivity contribution in [1.29, 1.82) is 0 Å². The van der Waals surface area contributed by atoms with Crippen molar-refractivity contribution in [2.45, 2.75) is 54.4 Å². The van der Waals surface area contributed by atoms with E-state index in [1.165, 1.54) is 16.7 Å². The van der Waals surface area contributed by atoms with Crippen LogP contribution in [-0.2, 0) is 19.6 Å². The number of carbonyl (C=O) groups is 2. The molecule has 0 unspecified atom stereocenters. The molecule has 1 aromatic carbocycles. The molecule has 28 heavy (non-hydrogen) atoms. The van der Waals surface area contributed by atoms with E-state index in [4.69, 9.17) is 0 Å². The van der Waals surface area contributed by atoms with Crippen molar-refractivity contribution in [3.63, 3.8) is 0 Å². The second-order valence-electron chi connectivity index (χ2n) is 7.56. The van der Waals surface area contributed by atoms with E-state index in [-0.39, 0.29) is 35.0 Å². The van der Waals surface area contributed by atoms with E-state index < -0.39 is 10.0 Å². The molecular weight excluding hydrogens is 398 g/mol. The molecular formula is C19H25N3O4S2. The summed E-state index contributed by atoms with van der Waals surface area (Å²) in [7, 11) is -3.61. The molecule has 0 aromatic heterocycles. The minimum absolute atomic E-state index is 0.0733. The van der Waals surface area contributed by atoms with E-state index in [9.17, 15) is 18.0 Å². The Morgan fingerprint density at radius 1 is 1.14 bits per heavy atom. The SMILES string of the molecule is O=C(CN1C(=O)CSc2ccc(S(=O)(=O)N3CCCCCC3)cc21)NC1CC1. The van der Waals surface area contributed by atoms with Crippen LogP contribution in [0.15, 0.2) is 28.0 Å². The number of hydrogen-bond donors (Lipinski definition) is 1. The van der Waals surface area contributed by atoms with Crippen LogP contribution in [0.4, 0.5) is 5.69 Å². The number of anilines is 1. The van der Waals surface area contributed by atoms with Crippen molar-refractivity contribution < 1.29 is 18.0 Å². The van der Waals surface area contributed by atoms with E-state index >= 15 is 0 Å². The molecule has 9 heteroatoms. The first kappa shape index (κ1) is 19.7. The fourth-order valence-electron chi connectivity index (χ4n) is 3.59. The average molecular weight is 424 g/mol. The monoisotopic (exact) mass is 423 g/mol. The largest absolute Gasteiger partial charge is 0.352 e. The zero-order chi connectivity index (χ0) is 19.7. The minimum Gasteiger partial charge on any atom is -0.352 e. The number of rotatable bonds is 5. The molecule has 2 heterocycles. The van der Waals surface area contributed by atoms with Gasteiger partial charge >= 0.3 is 0 Å². The van der Waals surface area contributed by atoms with Gasteiger partial charge in [0.25, 0.3) is 0 Å². The standard InChI is InChI=1S/C19H25N3O4S2/c23-18(20-14-5-6-14)12-22-16-11-15(7-8-17(16)27-13-19(22)24)28(25,26)21-9-3-1-2-4-10-21/h7-8,11,14H,1-6,9-10,12-13H2,(H,20,23). The van der Waals surface area contributed by atoms with Crippen molar-refractivity contribution in [1.82, 2.24) is 9.62 Å². The van der Waals surface area contributed by atoms with Crippen molar-refractivity contribution in [3.05, 3.63) is 18.2 Å². The second-order valence-corrected chi connectivity index (χ2v) is 10.5. The number of hydrogen-bond acceptors (Lipinski definition) is 5. The first-order valence-electron chi connectivity index (χ1n) is 9.82. The van der Waals surface area contributed by atoms with E-state index in [0.29, 0.717) is 18.8 Å². The third kappa shape index (κ3) is 4.21. The van der Waals surface area contributed by atoms with Gasteiger partial charge in [0.1, 0.15) is 6.54 Å². The molecule has 0 bridgehead atoms. The highest BCUT2D eigenvalue weighted by atomic mass is 32.2. The molecule has 152 valence electrons. The van der Waals surface area contributed by atoms with Gasteiger partial charge in [-0.05, 0) is 43.9 Å². The molecule has 3 aliphatic rings. The molecule has 1 saturated heterocycles. The van der Waals surface area contributed by atoms with Gasteiger partial charge in [-0.1, -0.05) is 12.8 Å². The van der Waals surface area contributed by atoms with Crippen LogP contribution in [0.2, 0.25) is 0 Å². The van der Waals surface area contributed by atoms with Crippen LogP contribution in [0.3, 0.4) is 0 Å². The summed E-state index contributed by atoms with van der Waals surface area (Å²) in [5, 5.41) is 2.89. The Balaban J connectivity index is 1.61. The first-order chi connectivity index (χ1) is 13.4. The van der Waals surface area contributed by atoms with Crippen LogP contribution in [-0.4, -0.2) is 56.0 Å². The number of nitrogens with zero attached hydrogens (tertiary/aromatic N) is 2. The molecule has 2 amide bonds. The summed E-state index contributed by atoms with van der Waals surface area (Å²) in [5.41, 5.74) is 0.517. The molecule has 1 saturated carbocycles. The quantitative estimate of drug-likeness (QED) is 0.782. The van der Waals surface area contributed by atoms with Gasteiger partial charge in [0.2, 0.25) is 21.8 Å². The van der Waals surface area contributed by atoms with Crippen molar-refractivity contribution in [2.24, 2.45) is 0 Å². The van der Waals surface area contributed by atoms with Gasteiger partial charge in [-0.15, -0.1) is 11.8 Å². The van der Waals surface area contributed by atoms with Crippen LogP contribution in [0, 0.1) is 0 Å². The topological polar surface area (TPSA) is 86.8 Å². The molecule has 1 aliphatic carbocycles. The van der Waals surface area contributed by atoms with Crippen molar-refractivity contribution >= 4 is 39.3 Å². The number of amides is 2. The van der Waals surface area contributed by atoms with E-state index in [0.717, 1.165) is 43.4 Å². The lowest BCUT2D eigenvalue weighted by atomic mass is 10.2. The lowest BCUT2D eigenvalue weighted by Crippen LogP contribution is -2.44. The third-order valence-corrected chi connectivity index (χ3v) is 8.26. The molecule has 2 fully saturated rings. The molecule has 4 rings (SSSR count). The zero-order valence-corrected chi connectivity index (χ0v) is 17.4. The molecule has 0 atom stereocenters. The maximum atomic E-state index is 13.1. The lowest BCUT2D eigenvalue weighted by molar-refractivity contribution is -0.123. The fourth-order valence-corrected chi connectivity index (χ4v) is 6.05.